The molecule has 0 spiro atoms. The molecule has 140 valence electrons. The van der Waals surface area contributed by atoms with Gasteiger partial charge in [0.25, 0.3) is 0 Å². The summed E-state index contributed by atoms with van der Waals surface area (Å²) in [5.41, 5.74) is -0.195. The summed E-state index contributed by atoms with van der Waals surface area (Å²) in [5.74, 6) is 0. The molecule has 0 aromatic heterocycles. The zero-order valence-electron chi connectivity index (χ0n) is 17.1. The lowest BCUT2D eigenvalue weighted by Crippen LogP contribution is -2.55. The Kier molecular flexibility index (Phi) is 7.98. The fourth-order valence-electron chi connectivity index (χ4n) is 2.07. The maximum Gasteiger partial charge on any atom is 0.184 e. The number of hydrogen-bond donors (Lipinski definition) is 0. The largest absolute Gasteiger partial charge is 0.412 e. The molecule has 0 aliphatic rings. The topological polar surface area (TPSA) is 18.5 Å². The lowest BCUT2D eigenvalue weighted by molar-refractivity contribution is -0.0453. The molecule has 1 atom stereocenters. The van der Waals surface area contributed by atoms with E-state index in [9.17, 15) is 0 Å². The van der Waals surface area contributed by atoms with E-state index in [0.717, 1.165) is 0 Å². The molecule has 0 unspecified atom stereocenters. The van der Waals surface area contributed by atoms with E-state index >= 15 is 0 Å². The summed E-state index contributed by atoms with van der Waals surface area (Å²) in [4.78, 5) is 0. The number of halogens is 2. The van der Waals surface area contributed by atoms with Gasteiger partial charge in [0.05, 0.1) is 26.4 Å². The van der Waals surface area contributed by atoms with Crippen LogP contribution in [0.15, 0.2) is 0 Å². The van der Waals surface area contributed by atoms with Crippen LogP contribution >= 0.6 is 23.2 Å². The molecule has 0 radical (unpaired) electrons. The lowest BCUT2D eigenvalue weighted by Gasteiger charge is -2.47. The molecule has 6 heteroatoms. The molecule has 0 fully saturated rings. The summed E-state index contributed by atoms with van der Waals surface area (Å²) >= 11 is 13.8. The van der Waals surface area contributed by atoms with Gasteiger partial charge in [-0.05, 0) is 45.5 Å². The van der Waals surface area contributed by atoms with E-state index in [1.807, 2.05) is 0 Å². The van der Waals surface area contributed by atoms with Crippen molar-refractivity contribution < 1.29 is 9.16 Å². The third-order valence-electron chi connectivity index (χ3n) is 4.50. The van der Waals surface area contributed by atoms with E-state index in [1.165, 1.54) is 0 Å². The quantitative estimate of drug-likeness (QED) is 0.352. The van der Waals surface area contributed by atoms with Crippen molar-refractivity contribution in [3.63, 3.8) is 0 Å². The number of ether oxygens (including phenoxy) is 1. The number of hydrogen-bond acceptors (Lipinski definition) is 2. The Morgan fingerprint density at radius 3 is 1.61 bits per heavy atom. The van der Waals surface area contributed by atoms with Gasteiger partial charge in [-0.25, -0.2) is 0 Å². The SMILES string of the molecule is CC(C)(C)OC[C@@H](CC(Cl)(Cl)[Si](C)(C)C(C)(C)C)O[Si](C)(C)C. The van der Waals surface area contributed by atoms with Crippen LogP contribution in [0.25, 0.3) is 0 Å². The van der Waals surface area contributed by atoms with Gasteiger partial charge in [-0.1, -0.05) is 33.9 Å². The Balaban J connectivity index is 5.27. The van der Waals surface area contributed by atoms with Gasteiger partial charge in [-0.3, -0.25) is 0 Å². The minimum absolute atomic E-state index is 0.0648. The Hall–Kier alpha value is 0.934. The second kappa shape index (κ2) is 7.67. The van der Waals surface area contributed by atoms with E-state index < -0.39 is 20.3 Å². The first kappa shape index (κ1) is 23.9. The monoisotopic (exact) mass is 400 g/mol. The molecule has 0 aliphatic heterocycles. The number of rotatable bonds is 7. The van der Waals surface area contributed by atoms with Gasteiger partial charge in [-0.15, -0.1) is 23.2 Å². The Morgan fingerprint density at radius 1 is 0.870 bits per heavy atom. The van der Waals surface area contributed by atoms with Crippen LogP contribution in [-0.4, -0.2) is 38.7 Å². The van der Waals surface area contributed by atoms with Crippen molar-refractivity contribution in [3.05, 3.63) is 0 Å². The molecule has 0 aromatic rings. The van der Waals surface area contributed by atoms with Gasteiger partial charge in [-0.2, -0.15) is 0 Å². The second-order valence-corrected chi connectivity index (χ2v) is 22.2. The van der Waals surface area contributed by atoms with Crippen molar-refractivity contribution in [1.29, 1.82) is 0 Å². The summed E-state index contributed by atoms with van der Waals surface area (Å²) in [6.07, 6.45) is 0.553. The van der Waals surface area contributed by atoms with Gasteiger partial charge in [0, 0.05) is 6.42 Å². The van der Waals surface area contributed by atoms with E-state index in [2.05, 4.69) is 74.3 Å². The maximum atomic E-state index is 6.89. The minimum Gasteiger partial charge on any atom is -0.412 e. The van der Waals surface area contributed by atoms with Crippen molar-refractivity contribution >= 4 is 39.6 Å². The molecule has 0 saturated carbocycles. The highest BCUT2D eigenvalue weighted by Gasteiger charge is 2.52. The van der Waals surface area contributed by atoms with E-state index in [-0.39, 0.29) is 16.7 Å². The van der Waals surface area contributed by atoms with Gasteiger partial charge in [0.2, 0.25) is 0 Å². The van der Waals surface area contributed by atoms with Crippen LogP contribution in [0, 0.1) is 0 Å². The van der Waals surface area contributed by atoms with Crippen LogP contribution in [-0.2, 0) is 9.16 Å². The predicted octanol–water partition coefficient (Wildman–Crippen LogP) is 6.63. The van der Waals surface area contributed by atoms with Crippen LogP contribution < -0.4 is 0 Å². The molecule has 0 rings (SSSR count). The van der Waals surface area contributed by atoms with Crippen LogP contribution in [0.1, 0.15) is 48.0 Å². The summed E-state index contributed by atoms with van der Waals surface area (Å²) in [7, 11) is -3.64. The summed E-state index contributed by atoms with van der Waals surface area (Å²) in [6, 6.07) is 0. The fourth-order valence-corrected chi connectivity index (χ4v) is 7.10. The molecular weight excluding hydrogens is 363 g/mol. The Bertz CT molecular complexity index is 378. The van der Waals surface area contributed by atoms with Crippen LogP contribution in [0.5, 0.6) is 0 Å². The van der Waals surface area contributed by atoms with Crippen molar-refractivity contribution in [3.8, 4) is 0 Å². The van der Waals surface area contributed by atoms with E-state index in [4.69, 9.17) is 32.4 Å². The molecule has 2 nitrogen and oxygen atoms in total. The molecule has 0 bridgehead atoms. The lowest BCUT2D eigenvalue weighted by atomic mass is 10.2. The standard InChI is InChI=1S/C17H38Cl2O2Si2/c1-15(2,3)20-13-14(21-22(7,8)9)12-17(18,19)23(10,11)16(4,5)6/h14H,12-13H2,1-11H3/t14-/m1/s1. The van der Waals surface area contributed by atoms with Crippen molar-refractivity contribution in [2.75, 3.05) is 6.61 Å². The molecule has 0 saturated heterocycles. The van der Waals surface area contributed by atoms with Crippen molar-refractivity contribution in [1.82, 2.24) is 0 Å². The normalized spacial score (nSPS) is 16.6. The molecule has 0 N–H and O–H groups in total. The highest BCUT2D eigenvalue weighted by atomic mass is 35.5. The van der Waals surface area contributed by atoms with Gasteiger partial charge < -0.3 is 9.16 Å². The Labute approximate surface area is 156 Å². The first-order valence-electron chi connectivity index (χ1n) is 8.48. The fraction of sp³-hybridized carbons (Fsp3) is 1.00. The second-order valence-electron chi connectivity index (χ2n) is 10.1. The summed E-state index contributed by atoms with van der Waals surface area (Å²) < 4.78 is 11.6. The molecule has 0 amide bonds. The maximum absolute atomic E-state index is 6.89. The highest BCUT2D eigenvalue weighted by molar-refractivity contribution is 6.96. The van der Waals surface area contributed by atoms with Gasteiger partial charge >= 0.3 is 0 Å². The van der Waals surface area contributed by atoms with Crippen LogP contribution in [0.4, 0.5) is 0 Å². The third kappa shape index (κ3) is 8.24. The average molecular weight is 402 g/mol. The molecule has 0 aromatic carbocycles. The summed E-state index contributed by atoms with van der Waals surface area (Å²) in [6.45, 7) is 24.5. The third-order valence-corrected chi connectivity index (χ3v) is 14.5. The first-order chi connectivity index (χ1) is 9.79. The minimum atomic E-state index is -1.93. The first-order valence-corrected chi connectivity index (χ1v) is 15.6. The van der Waals surface area contributed by atoms with E-state index in [0.29, 0.717) is 13.0 Å². The highest BCUT2D eigenvalue weighted by Crippen LogP contribution is 2.50. The van der Waals surface area contributed by atoms with Crippen LogP contribution in [0.2, 0.25) is 37.8 Å². The molecular formula is C17H38Cl2O2Si2. The molecule has 23 heavy (non-hydrogen) atoms. The smallest absolute Gasteiger partial charge is 0.184 e. The van der Waals surface area contributed by atoms with Crippen LogP contribution in [0.3, 0.4) is 0 Å². The molecule has 0 heterocycles. The van der Waals surface area contributed by atoms with Gasteiger partial charge in [0.1, 0.15) is 3.96 Å². The van der Waals surface area contributed by atoms with E-state index in [1.54, 1.807) is 0 Å². The zero-order valence-corrected chi connectivity index (χ0v) is 20.6. The zero-order chi connectivity index (χ0) is 18.9. The predicted molar refractivity (Wildman–Crippen MR) is 110 cm³/mol. The summed E-state index contributed by atoms with van der Waals surface area (Å²) in [5, 5.41) is 0.116. The van der Waals surface area contributed by atoms with Gasteiger partial charge in [0.15, 0.2) is 8.32 Å². The molecule has 0 aliphatic carbocycles. The van der Waals surface area contributed by atoms with Crippen molar-refractivity contribution in [2.45, 2.75) is 101 Å². The van der Waals surface area contributed by atoms with Crippen molar-refractivity contribution in [2.24, 2.45) is 0 Å². The average Bonchev–Trinajstić information content (AvgIpc) is 2.20. The Morgan fingerprint density at radius 2 is 1.30 bits per heavy atom. The number of alkyl halides is 2.